The highest BCUT2D eigenvalue weighted by atomic mass is 15.4. The molecular formula is C18H23N5. The Morgan fingerprint density at radius 3 is 2.61 bits per heavy atom. The number of hydrogen-bond acceptors (Lipinski definition) is 5. The number of piperazine rings is 1. The molecule has 0 saturated carbocycles. The van der Waals surface area contributed by atoms with Crippen molar-refractivity contribution in [1.82, 2.24) is 19.9 Å². The molecule has 5 heterocycles. The number of aromatic nitrogens is 3. The van der Waals surface area contributed by atoms with E-state index in [1.165, 1.54) is 17.5 Å². The summed E-state index contributed by atoms with van der Waals surface area (Å²) in [5.41, 5.74) is 3.74. The smallest absolute Gasteiger partial charge is 0.132 e. The Bertz CT molecular complexity index is 697. The predicted molar refractivity (Wildman–Crippen MR) is 90.4 cm³/mol. The molecule has 2 aromatic heterocycles. The van der Waals surface area contributed by atoms with Crippen LogP contribution in [0.3, 0.4) is 0 Å². The van der Waals surface area contributed by atoms with Gasteiger partial charge in [0.2, 0.25) is 0 Å². The summed E-state index contributed by atoms with van der Waals surface area (Å²) in [4.78, 5) is 18.3. The first kappa shape index (κ1) is 14.6. The highest BCUT2D eigenvalue weighted by molar-refractivity contribution is 5.42. The van der Waals surface area contributed by atoms with Gasteiger partial charge in [-0.2, -0.15) is 0 Å². The normalized spacial score (nSPS) is 23.7. The second kappa shape index (κ2) is 5.57. The van der Waals surface area contributed by atoms with E-state index in [1.54, 1.807) is 0 Å². The van der Waals surface area contributed by atoms with Gasteiger partial charge in [-0.25, -0.2) is 9.97 Å². The molecule has 2 aromatic rings. The van der Waals surface area contributed by atoms with E-state index >= 15 is 0 Å². The third-order valence-corrected chi connectivity index (χ3v) is 5.12. The first-order valence-electron chi connectivity index (χ1n) is 8.32. The van der Waals surface area contributed by atoms with Crippen LogP contribution >= 0.6 is 0 Å². The van der Waals surface area contributed by atoms with E-state index in [2.05, 4.69) is 43.8 Å². The van der Waals surface area contributed by atoms with Crippen molar-refractivity contribution in [2.45, 2.75) is 45.8 Å². The fourth-order valence-electron chi connectivity index (χ4n) is 3.85. The number of aryl methyl sites for hydroxylation is 3. The lowest BCUT2D eigenvalue weighted by Crippen LogP contribution is -2.68. The highest BCUT2D eigenvalue weighted by Crippen LogP contribution is 2.35. The van der Waals surface area contributed by atoms with Crippen LogP contribution < -0.4 is 4.90 Å². The van der Waals surface area contributed by atoms with Gasteiger partial charge in [0, 0.05) is 55.9 Å². The molecule has 0 radical (unpaired) electrons. The van der Waals surface area contributed by atoms with Gasteiger partial charge in [0.15, 0.2) is 0 Å². The lowest BCUT2D eigenvalue weighted by Gasteiger charge is -2.56. The number of rotatable bonds is 3. The summed E-state index contributed by atoms with van der Waals surface area (Å²) >= 11 is 0. The molecule has 120 valence electrons. The van der Waals surface area contributed by atoms with E-state index in [0.717, 1.165) is 37.0 Å². The molecule has 2 bridgehead atoms. The zero-order valence-electron chi connectivity index (χ0n) is 14.0. The predicted octanol–water partition coefficient (Wildman–Crippen LogP) is 2.26. The summed E-state index contributed by atoms with van der Waals surface area (Å²) in [6, 6.07) is 5.46. The Hall–Kier alpha value is -2.01. The Morgan fingerprint density at radius 2 is 1.91 bits per heavy atom. The van der Waals surface area contributed by atoms with Crippen LogP contribution in [0.2, 0.25) is 0 Å². The topological polar surface area (TPSA) is 45.2 Å². The number of pyridine rings is 1. The summed E-state index contributed by atoms with van der Waals surface area (Å²) in [5, 5.41) is 0. The van der Waals surface area contributed by atoms with Crippen molar-refractivity contribution in [1.29, 1.82) is 0 Å². The fraction of sp³-hybridized carbons (Fsp3) is 0.500. The standard InChI is InChI=1S/C18H23N5/c1-12-4-5-19-8-15(12)9-23-16-7-17(23)11-22(10-16)18-6-13(2)20-14(3)21-18/h4-6,8,16-17H,7,9-11H2,1-3H3. The lowest BCUT2D eigenvalue weighted by molar-refractivity contribution is -0.00891. The van der Waals surface area contributed by atoms with Crippen LogP contribution in [-0.4, -0.2) is 45.0 Å². The van der Waals surface area contributed by atoms with Gasteiger partial charge in [0.05, 0.1) is 0 Å². The molecule has 3 aliphatic heterocycles. The van der Waals surface area contributed by atoms with Crippen molar-refractivity contribution in [3.8, 4) is 0 Å². The second-order valence-corrected chi connectivity index (χ2v) is 6.84. The van der Waals surface area contributed by atoms with Crippen molar-refractivity contribution in [3.05, 3.63) is 47.2 Å². The van der Waals surface area contributed by atoms with Gasteiger partial charge in [-0.3, -0.25) is 9.88 Å². The molecular weight excluding hydrogens is 286 g/mol. The third kappa shape index (κ3) is 2.70. The number of hydrogen-bond donors (Lipinski definition) is 0. The number of fused-ring (bicyclic) bond motifs is 2. The molecule has 5 heteroatoms. The Kier molecular flexibility index (Phi) is 3.53. The van der Waals surface area contributed by atoms with E-state index in [1.807, 2.05) is 26.2 Å². The van der Waals surface area contributed by atoms with Crippen LogP contribution in [0.25, 0.3) is 0 Å². The summed E-state index contributed by atoms with van der Waals surface area (Å²) in [6.07, 6.45) is 5.19. The summed E-state index contributed by atoms with van der Waals surface area (Å²) < 4.78 is 0. The third-order valence-electron chi connectivity index (χ3n) is 5.12. The SMILES string of the molecule is Cc1cc(N2CC3CC(C2)N3Cc2cnccc2C)nc(C)n1. The number of anilines is 1. The number of nitrogens with zero attached hydrogens (tertiary/aromatic N) is 5. The average molecular weight is 309 g/mol. The molecule has 2 unspecified atom stereocenters. The molecule has 0 aliphatic carbocycles. The molecule has 3 fully saturated rings. The minimum Gasteiger partial charge on any atom is -0.353 e. The summed E-state index contributed by atoms with van der Waals surface area (Å²) in [6.45, 7) is 9.33. The molecule has 3 aliphatic rings. The molecule has 5 rings (SSSR count). The minimum absolute atomic E-state index is 0.629. The molecule has 2 atom stereocenters. The zero-order valence-corrected chi connectivity index (χ0v) is 14.0. The van der Waals surface area contributed by atoms with Crippen molar-refractivity contribution in [2.75, 3.05) is 18.0 Å². The van der Waals surface area contributed by atoms with E-state index < -0.39 is 0 Å². The molecule has 23 heavy (non-hydrogen) atoms. The van der Waals surface area contributed by atoms with Gasteiger partial charge in [0.1, 0.15) is 11.6 Å². The maximum absolute atomic E-state index is 4.62. The molecule has 0 N–H and O–H groups in total. The molecule has 0 amide bonds. The Labute approximate surface area is 137 Å². The Morgan fingerprint density at radius 1 is 1.13 bits per heavy atom. The van der Waals surface area contributed by atoms with Gasteiger partial charge in [-0.05, 0) is 44.4 Å². The molecule has 3 saturated heterocycles. The van der Waals surface area contributed by atoms with Crippen LogP contribution in [0.4, 0.5) is 5.82 Å². The van der Waals surface area contributed by atoms with Crippen LogP contribution in [0.1, 0.15) is 29.1 Å². The van der Waals surface area contributed by atoms with Gasteiger partial charge in [0.25, 0.3) is 0 Å². The van der Waals surface area contributed by atoms with Gasteiger partial charge in [-0.1, -0.05) is 0 Å². The second-order valence-electron chi connectivity index (χ2n) is 6.84. The monoisotopic (exact) mass is 309 g/mol. The van der Waals surface area contributed by atoms with Crippen LogP contribution in [-0.2, 0) is 6.54 Å². The largest absolute Gasteiger partial charge is 0.353 e. The summed E-state index contributed by atoms with van der Waals surface area (Å²) in [5.74, 6) is 1.95. The van der Waals surface area contributed by atoms with Crippen molar-refractivity contribution < 1.29 is 0 Å². The first-order chi connectivity index (χ1) is 11.1. The first-order valence-corrected chi connectivity index (χ1v) is 8.32. The minimum atomic E-state index is 0.629. The molecule has 0 spiro atoms. The average Bonchev–Trinajstić information content (AvgIpc) is 2.53. The van der Waals surface area contributed by atoms with Crippen LogP contribution in [0.5, 0.6) is 0 Å². The summed E-state index contributed by atoms with van der Waals surface area (Å²) in [7, 11) is 0. The Balaban J connectivity index is 1.47. The zero-order chi connectivity index (χ0) is 16.0. The fourth-order valence-corrected chi connectivity index (χ4v) is 3.85. The van der Waals surface area contributed by atoms with Gasteiger partial charge < -0.3 is 4.90 Å². The lowest BCUT2D eigenvalue weighted by atomic mass is 9.86. The van der Waals surface area contributed by atoms with E-state index in [0.29, 0.717) is 12.1 Å². The number of piperidine rings is 1. The van der Waals surface area contributed by atoms with Crippen molar-refractivity contribution in [3.63, 3.8) is 0 Å². The van der Waals surface area contributed by atoms with Gasteiger partial charge >= 0.3 is 0 Å². The van der Waals surface area contributed by atoms with E-state index in [-0.39, 0.29) is 0 Å². The van der Waals surface area contributed by atoms with Crippen LogP contribution in [0, 0.1) is 20.8 Å². The van der Waals surface area contributed by atoms with Gasteiger partial charge in [-0.15, -0.1) is 0 Å². The highest BCUT2D eigenvalue weighted by Gasteiger charge is 2.44. The molecule has 0 aromatic carbocycles. The quantitative estimate of drug-likeness (QED) is 0.870. The maximum atomic E-state index is 4.62. The van der Waals surface area contributed by atoms with E-state index in [4.69, 9.17) is 0 Å². The van der Waals surface area contributed by atoms with Crippen molar-refractivity contribution in [2.24, 2.45) is 0 Å². The maximum Gasteiger partial charge on any atom is 0.132 e. The molecule has 5 nitrogen and oxygen atoms in total. The van der Waals surface area contributed by atoms with E-state index in [9.17, 15) is 0 Å². The van der Waals surface area contributed by atoms with Crippen molar-refractivity contribution >= 4 is 5.82 Å². The van der Waals surface area contributed by atoms with Crippen LogP contribution in [0.15, 0.2) is 24.5 Å².